The Kier molecular flexibility index (Phi) is 3.42. The van der Waals surface area contributed by atoms with Crippen LogP contribution < -0.4 is 9.47 Å². The molecule has 0 saturated heterocycles. The first-order chi connectivity index (χ1) is 11.2. The Morgan fingerprint density at radius 2 is 2.00 bits per heavy atom. The highest BCUT2D eigenvalue weighted by atomic mass is 35.5. The molecule has 0 spiro atoms. The Hall–Kier alpha value is -2.20. The van der Waals surface area contributed by atoms with Crippen LogP contribution in [0.25, 0.3) is 0 Å². The third-order valence-corrected chi connectivity index (χ3v) is 4.60. The summed E-state index contributed by atoms with van der Waals surface area (Å²) in [5, 5.41) is 7.53. The molecular formula is C18H17ClN2O2. The summed E-state index contributed by atoms with van der Waals surface area (Å²) in [5.41, 5.74) is 3.26. The molecule has 118 valence electrons. The third kappa shape index (κ3) is 2.43. The molecule has 2 aromatic carbocycles. The lowest BCUT2D eigenvalue weighted by Crippen LogP contribution is -2.37. The molecule has 0 amide bonds. The molecule has 0 fully saturated rings. The third-order valence-electron chi connectivity index (χ3n) is 4.37. The molecule has 0 bridgehead atoms. The van der Waals surface area contributed by atoms with Crippen LogP contribution in [-0.2, 0) is 0 Å². The van der Waals surface area contributed by atoms with Crippen molar-refractivity contribution in [2.45, 2.75) is 25.6 Å². The zero-order valence-electron chi connectivity index (χ0n) is 13.0. The van der Waals surface area contributed by atoms with E-state index in [0.29, 0.717) is 0 Å². The van der Waals surface area contributed by atoms with Crippen LogP contribution in [0.3, 0.4) is 0 Å². The number of hydrogen-bond donors (Lipinski definition) is 0. The van der Waals surface area contributed by atoms with Crippen molar-refractivity contribution in [3.05, 3.63) is 58.6 Å². The highest BCUT2D eigenvalue weighted by Crippen LogP contribution is 2.43. The molecule has 0 aliphatic carbocycles. The minimum atomic E-state index is -0.0931. The number of halogens is 1. The number of methoxy groups -OCH3 is 1. The predicted molar refractivity (Wildman–Crippen MR) is 90.3 cm³/mol. The highest BCUT2D eigenvalue weighted by Gasteiger charge is 2.38. The van der Waals surface area contributed by atoms with E-state index in [0.717, 1.165) is 39.8 Å². The topological polar surface area (TPSA) is 34.1 Å². The van der Waals surface area contributed by atoms with Crippen molar-refractivity contribution < 1.29 is 9.47 Å². The number of hydrazone groups is 1. The molecule has 0 radical (unpaired) electrons. The van der Waals surface area contributed by atoms with Gasteiger partial charge in [-0.15, -0.1) is 0 Å². The van der Waals surface area contributed by atoms with Crippen LogP contribution in [-0.4, -0.2) is 24.1 Å². The van der Waals surface area contributed by atoms with Gasteiger partial charge < -0.3 is 9.47 Å². The van der Waals surface area contributed by atoms with Gasteiger partial charge in [0, 0.05) is 17.0 Å². The van der Waals surface area contributed by atoms with E-state index in [-0.39, 0.29) is 12.3 Å². The maximum Gasteiger partial charge on any atom is 0.185 e. The Morgan fingerprint density at radius 3 is 2.74 bits per heavy atom. The quantitative estimate of drug-likeness (QED) is 0.827. The lowest BCUT2D eigenvalue weighted by atomic mass is 9.96. The number of nitrogens with zero attached hydrogens (tertiary/aromatic N) is 2. The Balaban J connectivity index is 1.68. The van der Waals surface area contributed by atoms with Crippen molar-refractivity contribution in [2.24, 2.45) is 5.10 Å². The lowest BCUT2D eigenvalue weighted by molar-refractivity contribution is -0.00334. The van der Waals surface area contributed by atoms with Crippen LogP contribution in [0, 0.1) is 0 Å². The molecule has 0 saturated carbocycles. The van der Waals surface area contributed by atoms with E-state index in [1.165, 1.54) is 0 Å². The lowest BCUT2D eigenvalue weighted by Gasteiger charge is -2.36. The maximum absolute atomic E-state index is 6.16. The molecule has 2 atom stereocenters. The smallest absolute Gasteiger partial charge is 0.185 e. The molecule has 0 aromatic heterocycles. The fourth-order valence-electron chi connectivity index (χ4n) is 3.20. The maximum atomic E-state index is 6.16. The van der Waals surface area contributed by atoms with E-state index in [2.05, 4.69) is 0 Å². The molecule has 4 rings (SSSR count). The molecular weight excluding hydrogens is 312 g/mol. The Morgan fingerprint density at radius 1 is 1.22 bits per heavy atom. The van der Waals surface area contributed by atoms with E-state index >= 15 is 0 Å². The van der Waals surface area contributed by atoms with Crippen molar-refractivity contribution >= 4 is 17.3 Å². The van der Waals surface area contributed by atoms with Gasteiger partial charge in [-0.3, -0.25) is 5.01 Å². The van der Waals surface area contributed by atoms with Crippen LogP contribution in [0.4, 0.5) is 0 Å². The first-order valence-corrected chi connectivity index (χ1v) is 8.00. The first-order valence-electron chi connectivity index (χ1n) is 7.62. The highest BCUT2D eigenvalue weighted by molar-refractivity contribution is 6.30. The van der Waals surface area contributed by atoms with Gasteiger partial charge in [-0.2, -0.15) is 5.10 Å². The van der Waals surface area contributed by atoms with Gasteiger partial charge in [0.15, 0.2) is 6.23 Å². The molecule has 2 aliphatic heterocycles. The summed E-state index contributed by atoms with van der Waals surface area (Å²) in [4.78, 5) is 0. The molecule has 5 heteroatoms. The summed E-state index contributed by atoms with van der Waals surface area (Å²) < 4.78 is 11.2. The molecule has 0 unspecified atom stereocenters. The van der Waals surface area contributed by atoms with Crippen molar-refractivity contribution in [1.29, 1.82) is 0 Å². The summed E-state index contributed by atoms with van der Waals surface area (Å²) in [6.07, 6.45) is 0.748. The SMILES string of the molecule is COc1ccc(C2=NN3[C@H](C)Oc4ccc(Cl)cc4[C@H]3C2)cc1. The van der Waals surface area contributed by atoms with E-state index < -0.39 is 0 Å². The van der Waals surface area contributed by atoms with Crippen LogP contribution in [0.2, 0.25) is 5.02 Å². The Labute approximate surface area is 140 Å². The summed E-state index contributed by atoms with van der Waals surface area (Å²) in [6, 6.07) is 14.0. The second-order valence-electron chi connectivity index (χ2n) is 5.77. The molecule has 2 heterocycles. The second kappa shape index (κ2) is 5.46. The normalized spacial score (nSPS) is 22.0. The van der Waals surface area contributed by atoms with E-state index in [4.69, 9.17) is 26.2 Å². The molecule has 4 nitrogen and oxygen atoms in total. The van der Waals surface area contributed by atoms with E-state index in [1.807, 2.05) is 54.4 Å². The van der Waals surface area contributed by atoms with Crippen molar-refractivity contribution in [2.75, 3.05) is 7.11 Å². The average Bonchev–Trinajstić information content (AvgIpc) is 3.02. The van der Waals surface area contributed by atoms with Crippen LogP contribution in [0.15, 0.2) is 47.6 Å². The Bertz CT molecular complexity index is 773. The summed E-state index contributed by atoms with van der Waals surface area (Å²) >= 11 is 6.16. The molecule has 23 heavy (non-hydrogen) atoms. The van der Waals surface area contributed by atoms with E-state index in [9.17, 15) is 0 Å². The number of rotatable bonds is 2. The fourth-order valence-corrected chi connectivity index (χ4v) is 3.38. The number of benzene rings is 2. The molecule has 0 N–H and O–H groups in total. The number of ether oxygens (including phenoxy) is 2. The fraction of sp³-hybridized carbons (Fsp3) is 0.278. The van der Waals surface area contributed by atoms with Gasteiger partial charge in [-0.25, -0.2) is 0 Å². The van der Waals surface area contributed by atoms with Crippen molar-refractivity contribution in [3.63, 3.8) is 0 Å². The summed E-state index contributed by atoms with van der Waals surface area (Å²) in [6.45, 7) is 2.02. The zero-order valence-corrected chi connectivity index (χ0v) is 13.7. The average molecular weight is 329 g/mol. The number of hydrogen-bond acceptors (Lipinski definition) is 4. The van der Waals surface area contributed by atoms with Gasteiger partial charge >= 0.3 is 0 Å². The van der Waals surface area contributed by atoms with Gasteiger partial charge in [0.2, 0.25) is 0 Å². The van der Waals surface area contributed by atoms with Gasteiger partial charge in [-0.05, 0) is 55.0 Å². The second-order valence-corrected chi connectivity index (χ2v) is 6.21. The zero-order chi connectivity index (χ0) is 16.0. The standard InChI is InChI=1S/C18H17ClN2O2/c1-11-21-17(15-9-13(19)5-8-18(15)23-11)10-16(20-21)12-3-6-14(22-2)7-4-12/h3-9,11,17H,10H2,1-2H3/t11-,17+/m0/s1. The largest absolute Gasteiger partial charge is 0.497 e. The van der Waals surface area contributed by atoms with Gasteiger partial charge in [0.05, 0.1) is 18.9 Å². The predicted octanol–water partition coefficient (Wildman–Crippen LogP) is 4.24. The van der Waals surface area contributed by atoms with Gasteiger partial charge in [0.25, 0.3) is 0 Å². The molecule has 2 aromatic rings. The van der Waals surface area contributed by atoms with Crippen molar-refractivity contribution in [3.8, 4) is 11.5 Å². The summed E-state index contributed by atoms with van der Waals surface area (Å²) in [7, 11) is 1.67. The first kappa shape index (κ1) is 14.4. The van der Waals surface area contributed by atoms with E-state index in [1.54, 1.807) is 7.11 Å². The van der Waals surface area contributed by atoms with Gasteiger partial charge in [-0.1, -0.05) is 11.6 Å². The van der Waals surface area contributed by atoms with Crippen LogP contribution in [0.5, 0.6) is 11.5 Å². The number of fused-ring (bicyclic) bond motifs is 3. The van der Waals surface area contributed by atoms with Crippen molar-refractivity contribution in [1.82, 2.24) is 5.01 Å². The van der Waals surface area contributed by atoms with Crippen LogP contribution >= 0.6 is 11.6 Å². The summed E-state index contributed by atoms with van der Waals surface area (Å²) in [5.74, 6) is 1.74. The monoisotopic (exact) mass is 328 g/mol. The minimum Gasteiger partial charge on any atom is -0.497 e. The minimum absolute atomic E-state index is 0.0931. The van der Waals surface area contributed by atoms with Gasteiger partial charge in [0.1, 0.15) is 11.5 Å². The molecule has 2 aliphatic rings. The van der Waals surface area contributed by atoms with Crippen LogP contribution in [0.1, 0.15) is 30.5 Å².